The van der Waals surface area contributed by atoms with Crippen LogP contribution < -0.4 is 15.6 Å². The number of aromatic nitrogens is 1. The molecular weight excluding hydrogens is 480 g/mol. The Morgan fingerprint density at radius 2 is 1.78 bits per heavy atom. The predicted molar refractivity (Wildman–Crippen MR) is 127 cm³/mol. The number of carbonyl (C=O) groups excluding carboxylic acids is 1. The van der Waals surface area contributed by atoms with Gasteiger partial charge in [-0.1, -0.05) is 18.2 Å². The summed E-state index contributed by atoms with van der Waals surface area (Å²) in [6, 6.07) is 8.68. The van der Waals surface area contributed by atoms with Crippen LogP contribution in [-0.4, -0.2) is 28.2 Å². The van der Waals surface area contributed by atoms with Crippen LogP contribution in [-0.2, 0) is 23.8 Å². The van der Waals surface area contributed by atoms with Crippen LogP contribution in [0.4, 0.5) is 23.2 Å². The van der Waals surface area contributed by atoms with E-state index >= 15 is 0 Å². The highest BCUT2D eigenvalue weighted by molar-refractivity contribution is 5.92. The van der Waals surface area contributed by atoms with Crippen molar-refractivity contribution in [1.82, 2.24) is 4.98 Å². The van der Waals surface area contributed by atoms with Crippen molar-refractivity contribution in [2.75, 3.05) is 11.9 Å². The van der Waals surface area contributed by atoms with Crippen LogP contribution in [0.3, 0.4) is 0 Å². The molecule has 0 aliphatic rings. The van der Waals surface area contributed by atoms with Crippen LogP contribution in [0.5, 0.6) is 5.75 Å². The van der Waals surface area contributed by atoms with Crippen LogP contribution in [0.2, 0.25) is 0 Å². The molecule has 3 rings (SSSR count). The molecule has 0 radical (unpaired) electrons. The number of pyridine rings is 1. The van der Waals surface area contributed by atoms with Crippen molar-refractivity contribution in [1.29, 1.82) is 0 Å². The van der Waals surface area contributed by atoms with Crippen LogP contribution in [0.15, 0.2) is 53.5 Å². The van der Waals surface area contributed by atoms with Crippen LogP contribution in [0.25, 0.3) is 11.1 Å². The van der Waals surface area contributed by atoms with Crippen LogP contribution in [0.1, 0.15) is 37.5 Å². The van der Waals surface area contributed by atoms with E-state index in [4.69, 9.17) is 4.74 Å². The minimum absolute atomic E-state index is 0.0355. The van der Waals surface area contributed by atoms with Gasteiger partial charge in [-0.2, -0.15) is 13.2 Å². The summed E-state index contributed by atoms with van der Waals surface area (Å²) in [5.41, 5.74) is -2.00. The maximum Gasteiger partial charge on any atom is 0.416 e. The molecule has 0 saturated heterocycles. The number of rotatable bonds is 8. The maximum absolute atomic E-state index is 14.8. The molecule has 1 aromatic heterocycles. The van der Waals surface area contributed by atoms with E-state index in [0.29, 0.717) is 17.7 Å². The Balaban J connectivity index is 1.79. The predicted octanol–water partition coefficient (Wildman–Crippen LogP) is 5.09. The third-order valence-corrected chi connectivity index (χ3v) is 5.22. The fourth-order valence-electron chi connectivity index (χ4n) is 3.73. The number of halogens is 4. The number of alkyl halides is 3. The Morgan fingerprint density at radius 3 is 2.39 bits per heavy atom. The van der Waals surface area contributed by atoms with Gasteiger partial charge in [0.2, 0.25) is 5.91 Å². The molecule has 36 heavy (non-hydrogen) atoms. The van der Waals surface area contributed by atoms with Crippen molar-refractivity contribution in [3.63, 3.8) is 0 Å². The van der Waals surface area contributed by atoms with Gasteiger partial charge in [0.25, 0.3) is 5.56 Å². The van der Waals surface area contributed by atoms with Gasteiger partial charge in [0.15, 0.2) is 0 Å². The first kappa shape index (κ1) is 26.9. The number of aliphatic hydroxyl groups is 1. The first-order chi connectivity index (χ1) is 16.8. The van der Waals surface area contributed by atoms with E-state index in [1.165, 1.54) is 50.4 Å². The van der Waals surface area contributed by atoms with Crippen molar-refractivity contribution in [2.24, 2.45) is 0 Å². The lowest BCUT2D eigenvalue weighted by molar-refractivity contribution is -0.138. The smallest absolute Gasteiger partial charge is 0.416 e. The summed E-state index contributed by atoms with van der Waals surface area (Å²) in [7, 11) is 0. The SMILES string of the molecule is CCOc1cc(=O)[nH]cc1-c1ccc(CC(=O)Nc2ccc(CC(C)(C)O)c(C(F)(F)F)c2)c(F)c1. The molecule has 3 aromatic rings. The summed E-state index contributed by atoms with van der Waals surface area (Å²) >= 11 is 0. The van der Waals surface area contributed by atoms with E-state index in [1.807, 2.05) is 0 Å². The summed E-state index contributed by atoms with van der Waals surface area (Å²) in [6.45, 7) is 4.84. The lowest BCUT2D eigenvalue weighted by Gasteiger charge is -2.21. The molecule has 0 bridgehead atoms. The second-order valence-electron chi connectivity index (χ2n) is 8.90. The normalized spacial score (nSPS) is 11.9. The lowest BCUT2D eigenvalue weighted by Crippen LogP contribution is -2.24. The highest BCUT2D eigenvalue weighted by Crippen LogP contribution is 2.35. The Labute approximate surface area is 204 Å². The summed E-state index contributed by atoms with van der Waals surface area (Å²) < 4.78 is 60.9. The largest absolute Gasteiger partial charge is 0.493 e. The number of anilines is 1. The Kier molecular flexibility index (Phi) is 7.88. The quantitative estimate of drug-likeness (QED) is 0.371. The molecule has 3 N–H and O–H groups in total. The molecule has 6 nitrogen and oxygen atoms in total. The second kappa shape index (κ2) is 10.5. The van der Waals surface area contributed by atoms with Gasteiger partial charge in [0, 0.05) is 29.9 Å². The molecule has 10 heteroatoms. The van der Waals surface area contributed by atoms with Gasteiger partial charge in [-0.05, 0) is 55.7 Å². The molecule has 0 unspecified atom stereocenters. The van der Waals surface area contributed by atoms with Crippen LogP contribution in [0, 0.1) is 5.82 Å². The highest BCUT2D eigenvalue weighted by atomic mass is 19.4. The first-order valence-electron chi connectivity index (χ1n) is 11.1. The van der Waals surface area contributed by atoms with E-state index in [-0.39, 0.29) is 34.5 Å². The number of aromatic amines is 1. The second-order valence-corrected chi connectivity index (χ2v) is 8.90. The first-order valence-corrected chi connectivity index (χ1v) is 11.1. The van der Waals surface area contributed by atoms with Crippen molar-refractivity contribution >= 4 is 11.6 Å². The number of H-pyrrole nitrogens is 1. The molecule has 2 aromatic carbocycles. The number of hydrogen-bond donors (Lipinski definition) is 3. The summed E-state index contributed by atoms with van der Waals surface area (Å²) in [5.74, 6) is -1.13. The Hall–Kier alpha value is -3.66. The Morgan fingerprint density at radius 1 is 1.08 bits per heavy atom. The van der Waals surface area contributed by atoms with Gasteiger partial charge in [0.1, 0.15) is 11.6 Å². The number of hydrogen-bond acceptors (Lipinski definition) is 4. The van der Waals surface area contributed by atoms with E-state index in [9.17, 15) is 32.3 Å². The monoisotopic (exact) mass is 506 g/mol. The van der Waals surface area contributed by atoms with E-state index in [0.717, 1.165) is 6.07 Å². The van der Waals surface area contributed by atoms with Crippen molar-refractivity contribution < 1.29 is 32.2 Å². The third-order valence-electron chi connectivity index (χ3n) is 5.22. The maximum atomic E-state index is 14.8. The van der Waals surface area contributed by atoms with Gasteiger partial charge in [0.05, 0.1) is 24.2 Å². The summed E-state index contributed by atoms with van der Waals surface area (Å²) in [5, 5.41) is 12.3. The molecule has 0 aliphatic heterocycles. The van der Waals surface area contributed by atoms with Crippen molar-refractivity contribution in [3.05, 3.63) is 81.5 Å². The zero-order valence-corrected chi connectivity index (χ0v) is 19.9. The molecule has 0 saturated carbocycles. The third kappa shape index (κ3) is 6.94. The van der Waals surface area contributed by atoms with Crippen LogP contribution >= 0.6 is 0 Å². The van der Waals surface area contributed by atoms with Gasteiger partial charge in [-0.25, -0.2) is 4.39 Å². The molecule has 0 atom stereocenters. The lowest BCUT2D eigenvalue weighted by atomic mass is 9.94. The fraction of sp³-hybridized carbons (Fsp3) is 0.308. The molecule has 192 valence electrons. The molecular formula is C26H26F4N2O4. The minimum Gasteiger partial charge on any atom is -0.493 e. The van der Waals surface area contributed by atoms with Gasteiger partial charge < -0.3 is 20.1 Å². The summed E-state index contributed by atoms with van der Waals surface area (Å²) in [4.78, 5) is 26.6. The standard InChI is InChI=1S/C26H26F4N2O4/c1-4-36-22-12-23(33)31-14-19(22)15-5-6-16(21(27)9-15)10-24(34)32-18-8-7-17(13-25(2,3)35)20(11-18)26(28,29)30/h5-9,11-12,14,35H,4,10,13H2,1-3H3,(H,31,33)(H,32,34). The van der Waals surface area contributed by atoms with E-state index in [2.05, 4.69) is 10.3 Å². The zero-order valence-electron chi connectivity index (χ0n) is 19.9. The molecule has 0 fully saturated rings. The minimum atomic E-state index is -4.69. The fourth-order valence-corrected chi connectivity index (χ4v) is 3.73. The topological polar surface area (TPSA) is 91.4 Å². The number of ether oxygens (including phenoxy) is 1. The molecule has 1 heterocycles. The van der Waals surface area contributed by atoms with E-state index in [1.54, 1.807) is 13.0 Å². The van der Waals surface area contributed by atoms with Gasteiger partial charge >= 0.3 is 6.18 Å². The van der Waals surface area contributed by atoms with Gasteiger partial charge in [-0.15, -0.1) is 0 Å². The average molecular weight is 506 g/mol. The van der Waals surface area contributed by atoms with E-state index < -0.39 is 35.5 Å². The van der Waals surface area contributed by atoms with Crippen molar-refractivity contribution in [2.45, 2.75) is 45.4 Å². The van der Waals surface area contributed by atoms with Gasteiger partial charge in [-0.3, -0.25) is 9.59 Å². The number of carbonyl (C=O) groups is 1. The molecule has 0 aliphatic carbocycles. The summed E-state index contributed by atoms with van der Waals surface area (Å²) in [6.07, 6.45) is -3.93. The van der Waals surface area contributed by atoms with Crippen molar-refractivity contribution in [3.8, 4) is 16.9 Å². The number of nitrogens with one attached hydrogen (secondary N) is 2. The molecule has 0 spiro atoms. The number of benzene rings is 2. The highest BCUT2D eigenvalue weighted by Gasteiger charge is 2.35. The Bertz CT molecular complexity index is 1310. The number of amides is 1. The average Bonchev–Trinajstić information content (AvgIpc) is 2.75. The molecule has 1 amide bonds. The zero-order chi connectivity index (χ0) is 26.7.